The zero-order valence-electron chi connectivity index (χ0n) is 17.4. The van der Waals surface area contributed by atoms with Crippen molar-refractivity contribution < 1.29 is 9.53 Å². The monoisotopic (exact) mass is 374 g/mol. The van der Waals surface area contributed by atoms with Gasteiger partial charge in [0.25, 0.3) is 0 Å². The minimum atomic E-state index is -0.445. The molecule has 2 heterocycles. The maximum Gasteiger partial charge on any atom is 0.410 e. The van der Waals surface area contributed by atoms with Gasteiger partial charge in [0.05, 0.1) is 5.69 Å². The molecule has 1 amide bonds. The largest absolute Gasteiger partial charge is 0.444 e. The number of nitrogens with one attached hydrogen (secondary N) is 1. The molecule has 0 bridgehead atoms. The van der Waals surface area contributed by atoms with E-state index in [9.17, 15) is 4.79 Å². The number of amides is 1. The van der Waals surface area contributed by atoms with E-state index in [1.54, 1.807) is 0 Å². The van der Waals surface area contributed by atoms with E-state index in [4.69, 9.17) is 9.72 Å². The maximum atomic E-state index is 12.3. The first-order valence-corrected chi connectivity index (χ1v) is 10.2. The lowest BCUT2D eigenvalue weighted by Crippen LogP contribution is -2.49. The molecule has 27 heavy (non-hydrogen) atoms. The lowest BCUT2D eigenvalue weighted by molar-refractivity contribution is 0.0204. The van der Waals surface area contributed by atoms with Gasteiger partial charge in [-0.25, -0.2) is 9.78 Å². The molecule has 0 aromatic carbocycles. The van der Waals surface area contributed by atoms with Crippen molar-refractivity contribution in [1.29, 1.82) is 0 Å². The minimum Gasteiger partial charge on any atom is -0.444 e. The van der Waals surface area contributed by atoms with Crippen molar-refractivity contribution >= 4 is 17.6 Å². The quantitative estimate of drug-likeness (QED) is 0.834. The average Bonchev–Trinajstić information content (AvgIpc) is 3.40. The van der Waals surface area contributed by atoms with Crippen LogP contribution in [0.1, 0.15) is 60.3 Å². The summed E-state index contributed by atoms with van der Waals surface area (Å²) in [5.41, 5.74) is 0.660. The summed E-state index contributed by atoms with van der Waals surface area (Å²) in [7, 11) is 0. The summed E-state index contributed by atoms with van der Waals surface area (Å²) in [6.07, 6.45) is 6.04. The van der Waals surface area contributed by atoms with Gasteiger partial charge in [0.1, 0.15) is 5.60 Å². The molecular formula is C21H34N4O2. The molecule has 1 saturated carbocycles. The highest BCUT2D eigenvalue weighted by Crippen LogP contribution is 2.38. The molecule has 2 aliphatic rings. The highest BCUT2D eigenvalue weighted by Gasteiger charge is 2.38. The van der Waals surface area contributed by atoms with Crippen LogP contribution in [0.5, 0.6) is 0 Å². The van der Waals surface area contributed by atoms with Crippen molar-refractivity contribution in [2.45, 2.75) is 84.0 Å². The normalized spacial score (nSPS) is 18.5. The number of nitrogens with zero attached hydrogens (tertiary/aromatic N) is 3. The van der Waals surface area contributed by atoms with E-state index >= 15 is 0 Å². The van der Waals surface area contributed by atoms with Crippen LogP contribution in [0.4, 0.5) is 16.3 Å². The molecule has 1 aromatic heterocycles. The van der Waals surface area contributed by atoms with Crippen LogP contribution in [0.25, 0.3) is 0 Å². The van der Waals surface area contributed by atoms with Crippen LogP contribution in [0.15, 0.2) is 18.3 Å². The van der Waals surface area contributed by atoms with Gasteiger partial charge in [-0.3, -0.25) is 0 Å². The van der Waals surface area contributed by atoms with E-state index in [1.807, 2.05) is 37.9 Å². The third-order valence-corrected chi connectivity index (χ3v) is 4.93. The molecule has 1 aliphatic heterocycles. The van der Waals surface area contributed by atoms with Gasteiger partial charge >= 0.3 is 6.09 Å². The van der Waals surface area contributed by atoms with Crippen LogP contribution in [0.2, 0.25) is 0 Å². The Bertz CT molecular complexity index is 644. The number of carbonyl (C=O) groups is 1. The van der Waals surface area contributed by atoms with Crippen molar-refractivity contribution in [1.82, 2.24) is 9.88 Å². The van der Waals surface area contributed by atoms with Crippen LogP contribution in [-0.4, -0.2) is 52.8 Å². The Kier molecular flexibility index (Phi) is 5.82. The Labute approximate surface area is 163 Å². The molecule has 1 aromatic rings. The standard InChI is InChI=1S/C21H34N4O2/c1-15(2)23-18-7-6-12-22-19(18)25(16-8-9-16)17-10-13-24(14-11-17)20(26)27-21(3,4)5/h6-7,12,15-17,23H,8-11,13-14H2,1-5H3. The first-order chi connectivity index (χ1) is 12.7. The van der Waals surface area contributed by atoms with Crippen molar-refractivity contribution in [3.8, 4) is 0 Å². The molecule has 0 atom stereocenters. The Morgan fingerprint density at radius 2 is 1.85 bits per heavy atom. The molecule has 1 saturated heterocycles. The average molecular weight is 375 g/mol. The summed E-state index contributed by atoms with van der Waals surface area (Å²) in [5.74, 6) is 1.06. The van der Waals surface area contributed by atoms with Gasteiger partial charge in [0.15, 0.2) is 5.82 Å². The first-order valence-electron chi connectivity index (χ1n) is 10.2. The molecule has 3 rings (SSSR count). The predicted octanol–water partition coefficient (Wildman–Crippen LogP) is 4.27. The summed E-state index contributed by atoms with van der Waals surface area (Å²) in [5, 5.41) is 3.54. The second-order valence-corrected chi connectivity index (χ2v) is 9.01. The third-order valence-electron chi connectivity index (χ3n) is 4.93. The molecule has 2 fully saturated rings. The number of hydrogen-bond donors (Lipinski definition) is 1. The van der Waals surface area contributed by atoms with Gasteiger partial charge < -0.3 is 19.9 Å². The summed E-state index contributed by atoms with van der Waals surface area (Å²) in [6, 6.07) is 5.46. The van der Waals surface area contributed by atoms with E-state index in [0.29, 0.717) is 18.1 Å². The second kappa shape index (κ2) is 7.95. The first kappa shape index (κ1) is 19.8. The van der Waals surface area contributed by atoms with Crippen LogP contribution in [0.3, 0.4) is 0 Å². The van der Waals surface area contributed by atoms with Gasteiger partial charge in [-0.2, -0.15) is 0 Å². The number of ether oxygens (including phenoxy) is 1. The molecular weight excluding hydrogens is 340 g/mol. The van der Waals surface area contributed by atoms with Gasteiger partial charge in [-0.15, -0.1) is 0 Å². The summed E-state index contributed by atoms with van der Waals surface area (Å²) < 4.78 is 5.53. The van der Waals surface area contributed by atoms with E-state index in [2.05, 4.69) is 30.1 Å². The topological polar surface area (TPSA) is 57.7 Å². The van der Waals surface area contributed by atoms with Crippen LogP contribution in [0, 0.1) is 0 Å². The number of rotatable bonds is 5. The van der Waals surface area contributed by atoms with Gasteiger partial charge in [0.2, 0.25) is 0 Å². The Hall–Kier alpha value is -1.98. The number of likely N-dealkylation sites (tertiary alicyclic amines) is 1. The van der Waals surface area contributed by atoms with Crippen LogP contribution in [-0.2, 0) is 4.74 Å². The van der Waals surface area contributed by atoms with E-state index in [1.165, 1.54) is 12.8 Å². The number of anilines is 2. The number of aromatic nitrogens is 1. The van der Waals surface area contributed by atoms with Crippen molar-refractivity contribution in [3.05, 3.63) is 18.3 Å². The molecule has 1 aliphatic carbocycles. The summed E-state index contributed by atoms with van der Waals surface area (Å²) >= 11 is 0. The predicted molar refractivity (Wildman–Crippen MR) is 109 cm³/mol. The lowest BCUT2D eigenvalue weighted by atomic mass is 10.0. The van der Waals surface area contributed by atoms with Gasteiger partial charge in [0, 0.05) is 37.4 Å². The van der Waals surface area contributed by atoms with Crippen molar-refractivity contribution in [3.63, 3.8) is 0 Å². The van der Waals surface area contributed by atoms with Crippen molar-refractivity contribution in [2.75, 3.05) is 23.3 Å². The number of pyridine rings is 1. The third kappa shape index (κ3) is 5.27. The Morgan fingerprint density at radius 3 is 2.41 bits per heavy atom. The molecule has 0 spiro atoms. The van der Waals surface area contributed by atoms with Crippen molar-refractivity contribution in [2.24, 2.45) is 0 Å². The zero-order chi connectivity index (χ0) is 19.6. The fraction of sp³-hybridized carbons (Fsp3) is 0.714. The molecule has 150 valence electrons. The maximum absolute atomic E-state index is 12.3. The summed E-state index contributed by atoms with van der Waals surface area (Å²) in [4.78, 5) is 21.4. The molecule has 0 radical (unpaired) electrons. The SMILES string of the molecule is CC(C)Nc1cccnc1N(C1CC1)C1CCN(C(=O)OC(C)(C)C)CC1. The second-order valence-electron chi connectivity index (χ2n) is 9.01. The minimum absolute atomic E-state index is 0.195. The van der Waals surface area contributed by atoms with E-state index in [0.717, 1.165) is 37.4 Å². The fourth-order valence-corrected chi connectivity index (χ4v) is 3.68. The molecule has 0 unspecified atom stereocenters. The number of carbonyl (C=O) groups excluding carboxylic acids is 1. The lowest BCUT2D eigenvalue weighted by Gasteiger charge is -2.40. The number of hydrogen-bond acceptors (Lipinski definition) is 5. The highest BCUT2D eigenvalue weighted by molar-refractivity contribution is 5.69. The molecule has 6 nitrogen and oxygen atoms in total. The van der Waals surface area contributed by atoms with Gasteiger partial charge in [-0.1, -0.05) is 0 Å². The smallest absolute Gasteiger partial charge is 0.410 e. The van der Waals surface area contributed by atoms with E-state index < -0.39 is 5.60 Å². The molecule has 1 N–H and O–H groups in total. The highest BCUT2D eigenvalue weighted by atomic mass is 16.6. The van der Waals surface area contributed by atoms with Crippen LogP contribution < -0.4 is 10.2 Å². The summed E-state index contributed by atoms with van der Waals surface area (Å²) in [6.45, 7) is 11.5. The molecule has 6 heteroatoms. The zero-order valence-corrected chi connectivity index (χ0v) is 17.4. The van der Waals surface area contributed by atoms with Crippen LogP contribution >= 0.6 is 0 Å². The fourth-order valence-electron chi connectivity index (χ4n) is 3.68. The number of piperidine rings is 1. The van der Waals surface area contributed by atoms with E-state index in [-0.39, 0.29) is 6.09 Å². The Balaban J connectivity index is 1.69. The van der Waals surface area contributed by atoms with Gasteiger partial charge in [-0.05, 0) is 72.4 Å². The Morgan fingerprint density at radius 1 is 1.22 bits per heavy atom.